The van der Waals surface area contributed by atoms with Crippen LogP contribution in [0.2, 0.25) is 0 Å². The van der Waals surface area contributed by atoms with Gasteiger partial charge in [-0.1, -0.05) is 24.9 Å². The second-order valence-electron chi connectivity index (χ2n) is 6.40. The lowest BCUT2D eigenvalue weighted by molar-refractivity contribution is -0.138. The Balaban J connectivity index is 1.87. The molecule has 2 aromatic carbocycles. The van der Waals surface area contributed by atoms with Crippen molar-refractivity contribution in [3.63, 3.8) is 0 Å². The van der Waals surface area contributed by atoms with Gasteiger partial charge in [-0.15, -0.1) is 23.5 Å². The molecule has 0 heterocycles. The van der Waals surface area contributed by atoms with E-state index < -0.39 is 0 Å². The van der Waals surface area contributed by atoms with Gasteiger partial charge in [-0.2, -0.15) is 0 Å². The lowest BCUT2D eigenvalue weighted by atomic mass is 10.2. The molecule has 0 saturated carbocycles. The van der Waals surface area contributed by atoms with Gasteiger partial charge in [0.1, 0.15) is 13.2 Å². The summed E-state index contributed by atoms with van der Waals surface area (Å²) in [4.78, 5) is 26.9. The van der Waals surface area contributed by atoms with E-state index >= 15 is 0 Å². The van der Waals surface area contributed by atoms with Crippen molar-refractivity contribution in [3.05, 3.63) is 72.8 Å². The Morgan fingerprint density at radius 1 is 0.806 bits per heavy atom. The highest BCUT2D eigenvalue weighted by Gasteiger charge is 2.06. The molecule has 0 fully saturated rings. The Morgan fingerprint density at radius 2 is 1.23 bits per heavy atom. The van der Waals surface area contributed by atoms with Crippen LogP contribution in [-0.2, 0) is 19.1 Å². The van der Waals surface area contributed by atoms with Gasteiger partial charge in [-0.05, 0) is 61.4 Å². The van der Waals surface area contributed by atoms with E-state index in [0.29, 0.717) is 24.7 Å². The Hall–Kier alpha value is -2.09. The summed E-state index contributed by atoms with van der Waals surface area (Å²) in [6, 6.07) is 12.8. The molecule has 0 aliphatic heterocycles. The molecule has 0 aliphatic carbocycles. The van der Waals surface area contributed by atoms with E-state index in [0.717, 1.165) is 0 Å². The van der Waals surface area contributed by atoms with Crippen LogP contribution in [0, 0.1) is 13.8 Å². The zero-order valence-corrected chi connectivity index (χ0v) is 20.2. The monoisotopic (exact) mass is 474 g/mol. The number of esters is 2. The minimum absolute atomic E-state index is 0.367. The lowest BCUT2D eigenvalue weighted by Gasteiger charge is -2.10. The van der Waals surface area contributed by atoms with Crippen LogP contribution < -0.4 is 0 Å². The van der Waals surface area contributed by atoms with Gasteiger partial charge in [0, 0.05) is 43.2 Å². The Labute approximate surface area is 196 Å². The van der Waals surface area contributed by atoms with Crippen LogP contribution in [0.3, 0.4) is 0 Å². The highest BCUT2D eigenvalue weighted by atomic mass is 32.2. The molecular weight excluding hydrogens is 448 g/mol. The third kappa shape index (κ3) is 8.89. The first kappa shape index (κ1) is 25.2. The number of benzene rings is 2. The number of hydrogen-bond acceptors (Lipinski definition) is 7. The average Bonchev–Trinajstić information content (AvgIpc) is 2.76. The fourth-order valence-corrected chi connectivity index (χ4v) is 5.23. The van der Waals surface area contributed by atoms with Gasteiger partial charge < -0.3 is 9.47 Å². The number of aryl methyl sites for hydroxylation is 2. The van der Waals surface area contributed by atoms with Crippen LogP contribution >= 0.6 is 35.3 Å². The summed E-state index contributed by atoms with van der Waals surface area (Å²) in [7, 11) is 0. The molecule has 31 heavy (non-hydrogen) atoms. The number of thioether (sulfide) groups is 2. The van der Waals surface area contributed by atoms with Crippen molar-refractivity contribution in [2.75, 3.05) is 24.7 Å². The van der Waals surface area contributed by atoms with Crippen molar-refractivity contribution in [1.29, 1.82) is 0 Å². The molecule has 0 bridgehead atoms. The maximum atomic E-state index is 11.1. The summed E-state index contributed by atoms with van der Waals surface area (Å²) < 4.78 is 10.0. The third-order valence-electron chi connectivity index (χ3n) is 4.03. The third-order valence-corrected chi connectivity index (χ3v) is 7.29. The highest BCUT2D eigenvalue weighted by molar-refractivity contribution is 8.00. The zero-order chi connectivity index (χ0) is 22.6. The number of ether oxygens (including phenoxy) is 2. The van der Waals surface area contributed by atoms with Crippen molar-refractivity contribution in [2.24, 2.45) is 0 Å². The maximum absolute atomic E-state index is 11.1. The molecule has 0 N–H and O–H groups in total. The van der Waals surface area contributed by atoms with Gasteiger partial charge in [0.15, 0.2) is 0 Å². The van der Waals surface area contributed by atoms with E-state index in [9.17, 15) is 9.59 Å². The summed E-state index contributed by atoms with van der Waals surface area (Å²) in [5, 5.41) is 0. The first-order chi connectivity index (χ1) is 14.9. The van der Waals surface area contributed by atoms with Gasteiger partial charge in [0.25, 0.3) is 0 Å². The van der Waals surface area contributed by atoms with E-state index in [1.807, 2.05) is 0 Å². The van der Waals surface area contributed by atoms with Crippen LogP contribution in [0.15, 0.2) is 81.3 Å². The molecule has 2 aromatic rings. The standard InChI is InChI=1S/C24H26O4S3/c1-5-23(25)27-11-13-29-21-9-7-19(15-17(21)3)31-20-8-10-22(18(4)16-20)30-14-12-28-24(26)6-2/h5-10,15-16H,1-2,11-14H2,3-4H3. The largest absolute Gasteiger partial charge is 0.462 e. The number of carbonyl (C=O) groups is 2. The Bertz CT molecular complexity index is 865. The minimum Gasteiger partial charge on any atom is -0.462 e. The molecular formula is C24H26O4S3. The van der Waals surface area contributed by atoms with Crippen LogP contribution in [0.4, 0.5) is 0 Å². The van der Waals surface area contributed by atoms with Crippen molar-refractivity contribution < 1.29 is 19.1 Å². The highest BCUT2D eigenvalue weighted by Crippen LogP contribution is 2.34. The fourth-order valence-electron chi connectivity index (χ4n) is 2.54. The molecule has 0 aliphatic rings. The molecule has 0 aromatic heterocycles. The second-order valence-corrected chi connectivity index (χ2v) is 9.82. The molecule has 0 atom stereocenters. The van der Waals surface area contributed by atoms with Gasteiger partial charge >= 0.3 is 11.9 Å². The van der Waals surface area contributed by atoms with Gasteiger partial charge in [0.05, 0.1) is 0 Å². The van der Waals surface area contributed by atoms with E-state index in [4.69, 9.17) is 9.47 Å². The van der Waals surface area contributed by atoms with Gasteiger partial charge in [-0.3, -0.25) is 0 Å². The number of rotatable bonds is 12. The van der Waals surface area contributed by atoms with Crippen molar-refractivity contribution in [1.82, 2.24) is 0 Å². The molecule has 0 amide bonds. The normalized spacial score (nSPS) is 10.4. The van der Waals surface area contributed by atoms with Crippen LogP contribution in [-0.4, -0.2) is 36.7 Å². The zero-order valence-electron chi connectivity index (χ0n) is 17.7. The molecule has 0 unspecified atom stereocenters. The molecule has 0 saturated heterocycles. The Morgan fingerprint density at radius 3 is 1.58 bits per heavy atom. The molecule has 164 valence electrons. The SMILES string of the molecule is C=CC(=O)OCCSc1ccc(Sc2ccc(SCCOC(=O)C=C)c(C)c2)cc1C. The number of carbonyl (C=O) groups excluding carboxylic acids is 2. The van der Waals surface area contributed by atoms with Crippen molar-refractivity contribution >= 4 is 47.2 Å². The van der Waals surface area contributed by atoms with Crippen LogP contribution in [0.25, 0.3) is 0 Å². The summed E-state index contributed by atoms with van der Waals surface area (Å²) >= 11 is 5.07. The summed E-state index contributed by atoms with van der Waals surface area (Å²) in [6.07, 6.45) is 2.35. The lowest BCUT2D eigenvalue weighted by Crippen LogP contribution is -2.03. The summed E-state index contributed by atoms with van der Waals surface area (Å²) in [5.41, 5.74) is 2.39. The van der Waals surface area contributed by atoms with Gasteiger partial charge in [0.2, 0.25) is 0 Å². The smallest absolute Gasteiger partial charge is 0.330 e. The van der Waals surface area contributed by atoms with Crippen LogP contribution in [0.1, 0.15) is 11.1 Å². The quantitative estimate of drug-likeness (QED) is 0.159. The number of hydrogen-bond donors (Lipinski definition) is 0. The first-order valence-electron chi connectivity index (χ1n) is 9.66. The minimum atomic E-state index is -0.389. The molecule has 2 rings (SSSR count). The first-order valence-corrected chi connectivity index (χ1v) is 12.4. The molecule has 7 heteroatoms. The predicted molar refractivity (Wildman–Crippen MR) is 130 cm³/mol. The molecule has 0 spiro atoms. The summed E-state index contributed by atoms with van der Waals surface area (Å²) in [5.74, 6) is 0.635. The fraction of sp³-hybridized carbons (Fsp3) is 0.250. The van der Waals surface area contributed by atoms with Crippen molar-refractivity contribution in [2.45, 2.75) is 33.4 Å². The predicted octanol–water partition coefficient (Wildman–Crippen LogP) is 6.10. The van der Waals surface area contributed by atoms with Crippen LogP contribution in [0.5, 0.6) is 0 Å². The van der Waals surface area contributed by atoms with E-state index in [1.54, 1.807) is 35.3 Å². The van der Waals surface area contributed by atoms with E-state index in [1.165, 1.54) is 42.9 Å². The molecule has 0 radical (unpaired) electrons. The van der Waals surface area contributed by atoms with Gasteiger partial charge in [-0.25, -0.2) is 9.59 Å². The van der Waals surface area contributed by atoms with Crippen molar-refractivity contribution in [3.8, 4) is 0 Å². The van der Waals surface area contributed by atoms with E-state index in [-0.39, 0.29) is 11.9 Å². The molecule has 4 nitrogen and oxygen atoms in total. The second kappa shape index (κ2) is 13.3. The summed E-state index contributed by atoms with van der Waals surface area (Å²) in [6.45, 7) is 11.7. The maximum Gasteiger partial charge on any atom is 0.330 e. The van der Waals surface area contributed by atoms with E-state index in [2.05, 4.69) is 63.4 Å². The Kier molecular flexibility index (Phi) is 10.8. The average molecular weight is 475 g/mol. The topological polar surface area (TPSA) is 52.6 Å².